The Hall–Kier alpha value is -1.61. The Morgan fingerprint density at radius 2 is 2.00 bits per heavy atom. The van der Waals surface area contributed by atoms with Gasteiger partial charge in [-0.1, -0.05) is 11.6 Å². The van der Waals surface area contributed by atoms with Crippen molar-refractivity contribution in [2.75, 3.05) is 13.1 Å². The van der Waals surface area contributed by atoms with Gasteiger partial charge in [-0.15, -0.1) is 0 Å². The Balaban J connectivity index is 1.93. The minimum Gasteiger partial charge on any atom is -0.322 e. The van der Waals surface area contributed by atoms with Gasteiger partial charge in [0.15, 0.2) is 0 Å². The van der Waals surface area contributed by atoms with Crippen LogP contribution in [0.4, 0.5) is 0 Å². The van der Waals surface area contributed by atoms with Crippen LogP contribution in [0.15, 0.2) is 29.1 Å². The highest BCUT2D eigenvalue weighted by Gasteiger charge is 2.15. The van der Waals surface area contributed by atoms with Crippen molar-refractivity contribution in [2.45, 2.75) is 26.2 Å². The van der Waals surface area contributed by atoms with Gasteiger partial charge in [-0.25, -0.2) is 0 Å². The molecule has 100 valence electrons. The van der Waals surface area contributed by atoms with E-state index in [1.54, 1.807) is 0 Å². The van der Waals surface area contributed by atoms with Gasteiger partial charge >= 0.3 is 0 Å². The topological polar surface area (TPSA) is 44.9 Å². The molecule has 3 heteroatoms. The molecule has 0 spiro atoms. The summed E-state index contributed by atoms with van der Waals surface area (Å²) in [5.74, 6) is 0.643. The van der Waals surface area contributed by atoms with Gasteiger partial charge in [-0.05, 0) is 68.8 Å². The van der Waals surface area contributed by atoms with E-state index in [0.29, 0.717) is 5.92 Å². The van der Waals surface area contributed by atoms with Crippen molar-refractivity contribution in [3.8, 4) is 0 Å². The van der Waals surface area contributed by atoms with Crippen molar-refractivity contribution in [1.29, 1.82) is 0 Å². The first-order valence-corrected chi connectivity index (χ1v) is 7.05. The molecule has 0 saturated carbocycles. The first-order chi connectivity index (χ1) is 9.22. The SMILES string of the molecule is Cc1ccc2[nH]c(=O)c(CC3CCNCC3)cc2c1. The quantitative estimate of drug-likeness (QED) is 0.866. The van der Waals surface area contributed by atoms with Crippen LogP contribution >= 0.6 is 0 Å². The van der Waals surface area contributed by atoms with Crippen molar-refractivity contribution in [3.05, 3.63) is 45.7 Å². The van der Waals surface area contributed by atoms with Crippen LogP contribution in [0.25, 0.3) is 10.9 Å². The lowest BCUT2D eigenvalue weighted by molar-refractivity contribution is 0.372. The highest BCUT2D eigenvalue weighted by molar-refractivity contribution is 5.79. The maximum atomic E-state index is 12.1. The summed E-state index contributed by atoms with van der Waals surface area (Å²) >= 11 is 0. The predicted molar refractivity (Wildman–Crippen MR) is 78.6 cm³/mol. The summed E-state index contributed by atoms with van der Waals surface area (Å²) < 4.78 is 0. The van der Waals surface area contributed by atoms with Gasteiger partial charge < -0.3 is 10.3 Å². The normalized spacial score (nSPS) is 16.9. The monoisotopic (exact) mass is 256 g/mol. The Labute approximate surface area is 113 Å². The third-order valence-electron chi connectivity index (χ3n) is 4.04. The Morgan fingerprint density at radius 3 is 2.79 bits per heavy atom. The summed E-state index contributed by atoms with van der Waals surface area (Å²) in [5.41, 5.74) is 3.18. The number of nitrogens with one attached hydrogen (secondary N) is 2. The first-order valence-electron chi connectivity index (χ1n) is 7.05. The average molecular weight is 256 g/mol. The Morgan fingerprint density at radius 1 is 1.21 bits per heavy atom. The van der Waals surface area contributed by atoms with E-state index in [1.165, 1.54) is 18.4 Å². The molecule has 1 aromatic carbocycles. The highest BCUT2D eigenvalue weighted by atomic mass is 16.1. The number of aryl methyl sites for hydroxylation is 1. The van der Waals surface area contributed by atoms with Crippen molar-refractivity contribution in [3.63, 3.8) is 0 Å². The summed E-state index contributed by atoms with van der Waals surface area (Å²) in [7, 11) is 0. The fraction of sp³-hybridized carbons (Fsp3) is 0.438. The average Bonchev–Trinajstić information content (AvgIpc) is 2.41. The van der Waals surface area contributed by atoms with E-state index in [1.807, 2.05) is 12.1 Å². The molecule has 1 aliphatic heterocycles. The van der Waals surface area contributed by atoms with Gasteiger partial charge in [0, 0.05) is 11.1 Å². The lowest BCUT2D eigenvalue weighted by atomic mass is 9.91. The highest BCUT2D eigenvalue weighted by Crippen LogP contribution is 2.19. The molecule has 2 aromatic rings. The fourth-order valence-corrected chi connectivity index (χ4v) is 2.92. The van der Waals surface area contributed by atoms with E-state index in [9.17, 15) is 4.79 Å². The molecule has 0 aliphatic carbocycles. The summed E-state index contributed by atoms with van der Waals surface area (Å²) in [6.07, 6.45) is 3.25. The van der Waals surface area contributed by atoms with Gasteiger partial charge in [-0.2, -0.15) is 0 Å². The lowest BCUT2D eigenvalue weighted by Gasteiger charge is -2.22. The largest absolute Gasteiger partial charge is 0.322 e. The molecule has 0 radical (unpaired) electrons. The minimum atomic E-state index is 0.0786. The summed E-state index contributed by atoms with van der Waals surface area (Å²) in [4.78, 5) is 15.1. The van der Waals surface area contributed by atoms with Gasteiger partial charge in [0.25, 0.3) is 5.56 Å². The predicted octanol–water partition coefficient (Wildman–Crippen LogP) is 2.38. The summed E-state index contributed by atoms with van der Waals surface area (Å²) in [5, 5.41) is 4.51. The molecule has 0 unspecified atom stereocenters. The van der Waals surface area contributed by atoms with Crippen LogP contribution in [0.2, 0.25) is 0 Å². The molecule has 1 saturated heterocycles. The van der Waals surface area contributed by atoms with Crippen molar-refractivity contribution >= 4 is 10.9 Å². The van der Waals surface area contributed by atoms with E-state index in [-0.39, 0.29) is 5.56 Å². The molecule has 1 aromatic heterocycles. The maximum absolute atomic E-state index is 12.1. The van der Waals surface area contributed by atoms with Crippen molar-refractivity contribution < 1.29 is 0 Å². The Kier molecular flexibility index (Phi) is 3.38. The number of H-pyrrole nitrogens is 1. The molecule has 0 bridgehead atoms. The zero-order valence-corrected chi connectivity index (χ0v) is 11.3. The van der Waals surface area contributed by atoms with Gasteiger partial charge in [-0.3, -0.25) is 4.79 Å². The lowest BCUT2D eigenvalue weighted by Crippen LogP contribution is -2.29. The number of hydrogen-bond acceptors (Lipinski definition) is 2. The van der Waals surface area contributed by atoms with Crippen molar-refractivity contribution in [1.82, 2.24) is 10.3 Å². The third kappa shape index (κ3) is 2.71. The number of piperidine rings is 1. The smallest absolute Gasteiger partial charge is 0.251 e. The van der Waals surface area contributed by atoms with Crippen LogP contribution in [-0.4, -0.2) is 18.1 Å². The van der Waals surface area contributed by atoms with E-state index in [4.69, 9.17) is 0 Å². The van der Waals surface area contributed by atoms with Crippen molar-refractivity contribution in [2.24, 2.45) is 5.92 Å². The second-order valence-electron chi connectivity index (χ2n) is 5.61. The zero-order valence-electron chi connectivity index (χ0n) is 11.3. The van der Waals surface area contributed by atoms with E-state index >= 15 is 0 Å². The number of rotatable bonds is 2. The minimum absolute atomic E-state index is 0.0786. The molecule has 1 aliphatic rings. The number of aromatic amines is 1. The van der Waals surface area contributed by atoms with Gasteiger partial charge in [0.1, 0.15) is 0 Å². The van der Waals surface area contributed by atoms with Crippen LogP contribution in [0, 0.1) is 12.8 Å². The number of hydrogen-bond donors (Lipinski definition) is 2. The van der Waals surface area contributed by atoms with Crippen LogP contribution in [0.1, 0.15) is 24.0 Å². The molecule has 3 rings (SSSR count). The van der Waals surface area contributed by atoms with Gasteiger partial charge in [0.2, 0.25) is 0 Å². The maximum Gasteiger partial charge on any atom is 0.251 e. The number of benzene rings is 1. The van der Waals surface area contributed by atoms with Gasteiger partial charge in [0.05, 0.1) is 0 Å². The second-order valence-corrected chi connectivity index (χ2v) is 5.61. The van der Waals surface area contributed by atoms with E-state index in [2.05, 4.69) is 29.4 Å². The van der Waals surface area contributed by atoms with Crippen LogP contribution in [-0.2, 0) is 6.42 Å². The molecule has 2 N–H and O–H groups in total. The number of aromatic nitrogens is 1. The molecule has 3 nitrogen and oxygen atoms in total. The molecule has 0 atom stereocenters. The molecule has 1 fully saturated rings. The number of pyridine rings is 1. The zero-order chi connectivity index (χ0) is 13.2. The fourth-order valence-electron chi connectivity index (χ4n) is 2.92. The standard InChI is InChI=1S/C16H20N2O/c1-11-2-3-15-13(8-11)10-14(16(19)18-15)9-12-4-6-17-7-5-12/h2-3,8,10,12,17H,4-7,9H2,1H3,(H,18,19). The molecule has 0 amide bonds. The van der Waals surface area contributed by atoms with Crippen LogP contribution in [0.3, 0.4) is 0 Å². The first kappa shape index (κ1) is 12.4. The molecular formula is C16H20N2O. The Bertz CT molecular complexity index is 639. The molecule has 19 heavy (non-hydrogen) atoms. The third-order valence-corrected chi connectivity index (χ3v) is 4.04. The van der Waals surface area contributed by atoms with Crippen LogP contribution in [0.5, 0.6) is 0 Å². The van der Waals surface area contributed by atoms with E-state index in [0.717, 1.165) is 36.0 Å². The van der Waals surface area contributed by atoms with Crippen LogP contribution < -0.4 is 10.9 Å². The molecular weight excluding hydrogens is 236 g/mol. The molecule has 2 heterocycles. The second kappa shape index (κ2) is 5.17. The number of fused-ring (bicyclic) bond motifs is 1. The summed E-state index contributed by atoms with van der Waals surface area (Å²) in [6, 6.07) is 8.23. The van der Waals surface area contributed by atoms with E-state index < -0.39 is 0 Å². The summed E-state index contributed by atoms with van der Waals surface area (Å²) in [6.45, 7) is 4.24.